The number of halogens is 4. The van der Waals surface area contributed by atoms with E-state index < -0.39 is 0 Å². The molecule has 0 spiro atoms. The number of nitrogens with two attached hydrogens (primary N) is 1. The predicted molar refractivity (Wildman–Crippen MR) is 261 cm³/mol. The molecule has 3 nitrogen and oxygen atoms in total. The number of methoxy groups -OCH3 is 1. The fourth-order valence-corrected chi connectivity index (χ4v) is 11.7. The van der Waals surface area contributed by atoms with Crippen LogP contribution in [-0.2, 0) is 10.8 Å². The highest BCUT2D eigenvalue weighted by atomic mass is 79.9. The summed E-state index contributed by atoms with van der Waals surface area (Å²) < 4.78 is 11.1. The van der Waals surface area contributed by atoms with E-state index in [9.17, 15) is 0 Å². The Morgan fingerprint density at radius 2 is 1.04 bits per heavy atom. The molecule has 2 aliphatic carbocycles. The molecule has 9 heteroatoms. The number of hydrogen-bond acceptors (Lipinski definition) is 5. The van der Waals surface area contributed by atoms with Crippen molar-refractivity contribution in [2.24, 2.45) is 0 Å². The van der Waals surface area contributed by atoms with Crippen LogP contribution in [0, 0.1) is 0 Å². The molecule has 6 aromatic carbocycles. The molecule has 7 aromatic rings. The highest BCUT2D eigenvalue weighted by Crippen LogP contribution is 2.55. The van der Waals surface area contributed by atoms with E-state index in [1.165, 1.54) is 54.8 Å². The van der Waals surface area contributed by atoms with Crippen molar-refractivity contribution in [2.75, 3.05) is 12.8 Å². The largest absolute Gasteiger partial charge is 0.497 e. The minimum atomic E-state index is 0.0736. The number of fused-ring (bicyclic) bond motifs is 7. The third kappa shape index (κ3) is 7.82. The van der Waals surface area contributed by atoms with Gasteiger partial charge in [-0.3, -0.25) is 0 Å². The number of benzene rings is 6. The van der Waals surface area contributed by atoms with Gasteiger partial charge < -0.3 is 10.5 Å². The molecule has 1 aromatic heterocycles. The monoisotopic (exact) mass is 1040 g/mol. The molecule has 57 heavy (non-hydrogen) atoms. The van der Waals surface area contributed by atoms with Crippen LogP contribution < -0.4 is 10.5 Å². The van der Waals surface area contributed by atoms with Crippen LogP contribution in [0.1, 0.15) is 75.6 Å². The maximum absolute atomic E-state index is 5.49. The Hall–Kier alpha value is -2.92. The van der Waals surface area contributed by atoms with Gasteiger partial charge in [0.25, 0.3) is 0 Å². The molecule has 0 saturated carbocycles. The van der Waals surface area contributed by atoms with E-state index in [4.69, 9.17) is 15.5 Å². The molecule has 0 radical (unpaired) electrons. The van der Waals surface area contributed by atoms with Gasteiger partial charge in [-0.05, 0) is 149 Å². The number of nitrogens with zero attached hydrogens (tertiary/aromatic N) is 1. The lowest BCUT2D eigenvalue weighted by molar-refractivity contribution is 0.411. The molecule has 0 atom stereocenters. The van der Waals surface area contributed by atoms with Crippen LogP contribution in [0.2, 0.25) is 0 Å². The summed E-state index contributed by atoms with van der Waals surface area (Å²) in [6.07, 6.45) is 4.40. The Bertz CT molecular complexity index is 2610. The van der Waals surface area contributed by atoms with E-state index in [1.807, 2.05) is 18.2 Å². The van der Waals surface area contributed by atoms with Gasteiger partial charge in [-0.25, -0.2) is 4.98 Å². The van der Waals surface area contributed by atoms with Gasteiger partial charge in [0.15, 0.2) is 0 Å². The standard InChI is InChI=1S/C24H19Br2NS.C18H19BrO.C6H6BrNS/c1-3-24(4-2)19-11-14(23-27-21-10-7-16(26)13-22(21)28-23)5-8-17(19)18-9-6-15(25)12-20(18)24;1-4-18(5-2)16-10-12(19)6-8-14(16)15-9-7-13(20-3)11-17(15)18;7-4-1-2-5(8)6(9)3-4/h5-13H,3-4H2,1-2H3;6-11H,4-5H2,1-3H3;1-3,9H,8H2. The van der Waals surface area contributed by atoms with Crippen LogP contribution >= 0.6 is 87.7 Å². The highest BCUT2D eigenvalue weighted by Gasteiger charge is 2.42. The summed E-state index contributed by atoms with van der Waals surface area (Å²) in [5, 5.41) is 1.09. The smallest absolute Gasteiger partial charge is 0.124 e. The lowest BCUT2D eigenvalue weighted by Gasteiger charge is -2.30. The number of hydrogen-bond donors (Lipinski definition) is 2. The number of nitrogen functional groups attached to an aromatic ring is 1. The summed E-state index contributed by atoms with van der Waals surface area (Å²) in [6.45, 7) is 9.18. The van der Waals surface area contributed by atoms with Crippen molar-refractivity contribution < 1.29 is 4.74 Å². The van der Waals surface area contributed by atoms with Crippen LogP contribution in [0.15, 0.2) is 132 Å². The second-order valence-electron chi connectivity index (χ2n) is 14.5. The van der Waals surface area contributed by atoms with E-state index in [-0.39, 0.29) is 10.8 Å². The maximum atomic E-state index is 5.49. The quantitative estimate of drug-likeness (QED) is 0.129. The predicted octanol–water partition coefficient (Wildman–Crippen LogP) is 16.4. The molecule has 0 aliphatic heterocycles. The molecule has 292 valence electrons. The average Bonchev–Trinajstić information content (AvgIpc) is 3.85. The van der Waals surface area contributed by atoms with Gasteiger partial charge >= 0.3 is 0 Å². The zero-order valence-electron chi connectivity index (χ0n) is 32.5. The fourth-order valence-electron chi connectivity index (χ4n) is 8.74. The summed E-state index contributed by atoms with van der Waals surface area (Å²) >= 11 is 20.0. The third-order valence-electron chi connectivity index (χ3n) is 11.9. The normalized spacial score (nSPS) is 13.7. The van der Waals surface area contributed by atoms with E-state index in [1.54, 1.807) is 18.4 Å². The van der Waals surface area contributed by atoms with Crippen molar-refractivity contribution >= 4 is 104 Å². The first-order valence-corrected chi connectivity index (χ1v) is 23.6. The fraction of sp³-hybridized carbons (Fsp3) is 0.229. The van der Waals surface area contributed by atoms with Crippen molar-refractivity contribution in [1.29, 1.82) is 0 Å². The minimum Gasteiger partial charge on any atom is -0.497 e. The summed E-state index contributed by atoms with van der Waals surface area (Å²) in [5.41, 5.74) is 19.9. The van der Waals surface area contributed by atoms with Crippen LogP contribution in [-0.4, -0.2) is 12.1 Å². The molecular weight excluding hydrogens is 1000 g/mol. The van der Waals surface area contributed by atoms with Crippen molar-refractivity contribution in [3.8, 4) is 38.6 Å². The zero-order valence-corrected chi connectivity index (χ0v) is 40.6. The molecule has 1 heterocycles. The topological polar surface area (TPSA) is 48.1 Å². The van der Waals surface area contributed by atoms with Crippen molar-refractivity contribution in [2.45, 2.75) is 69.1 Å². The summed E-state index contributed by atoms with van der Waals surface area (Å²) in [4.78, 5) is 5.71. The van der Waals surface area contributed by atoms with Crippen LogP contribution in [0.5, 0.6) is 5.75 Å². The molecule has 0 fully saturated rings. The average molecular weight is 1050 g/mol. The maximum Gasteiger partial charge on any atom is 0.124 e. The Kier molecular flexibility index (Phi) is 12.9. The Balaban J connectivity index is 0.000000148. The van der Waals surface area contributed by atoms with Crippen molar-refractivity contribution in [1.82, 2.24) is 4.98 Å². The number of rotatable bonds is 6. The van der Waals surface area contributed by atoms with Gasteiger partial charge in [0.2, 0.25) is 0 Å². The first kappa shape index (κ1) is 42.2. The SMILES string of the molecule is CCC1(CC)c2cc(Br)ccc2-c2ccc(-c3nc4ccc(Br)cc4s3)cc21.CCC1(CC)c2cc(Br)ccc2-c2ccc(OC)cc21.Nc1ccc(Br)cc1S. The number of thiazole rings is 1. The van der Waals surface area contributed by atoms with Gasteiger partial charge in [0.05, 0.1) is 17.3 Å². The first-order valence-electron chi connectivity index (χ1n) is 19.2. The number of anilines is 1. The first-order chi connectivity index (χ1) is 27.4. The second kappa shape index (κ2) is 17.4. The Morgan fingerprint density at radius 3 is 1.56 bits per heavy atom. The third-order valence-corrected chi connectivity index (χ3v) is 15.3. The van der Waals surface area contributed by atoms with Gasteiger partial charge in [0.1, 0.15) is 10.8 Å². The van der Waals surface area contributed by atoms with Crippen LogP contribution in [0.4, 0.5) is 5.69 Å². The van der Waals surface area contributed by atoms with Gasteiger partial charge in [-0.2, -0.15) is 0 Å². The van der Waals surface area contributed by atoms with Crippen LogP contribution in [0.3, 0.4) is 0 Å². The van der Waals surface area contributed by atoms with E-state index in [2.05, 4.69) is 195 Å². The van der Waals surface area contributed by atoms with Gasteiger partial charge in [-0.15, -0.1) is 24.0 Å². The van der Waals surface area contributed by atoms with Crippen molar-refractivity contribution in [3.63, 3.8) is 0 Å². The van der Waals surface area contributed by atoms with E-state index in [0.717, 1.165) is 64.7 Å². The molecule has 2 aliphatic rings. The lowest BCUT2D eigenvalue weighted by atomic mass is 9.73. The molecule has 0 bridgehead atoms. The molecule has 2 N–H and O–H groups in total. The van der Waals surface area contributed by atoms with E-state index in [0.29, 0.717) is 5.69 Å². The van der Waals surface area contributed by atoms with Gasteiger partial charge in [-0.1, -0.05) is 122 Å². The molecule has 0 amide bonds. The molecule has 0 saturated heterocycles. The lowest BCUT2D eigenvalue weighted by Crippen LogP contribution is -2.23. The van der Waals surface area contributed by atoms with Gasteiger partial charge in [0, 0.05) is 44.9 Å². The Labute approximate surface area is 379 Å². The highest BCUT2D eigenvalue weighted by molar-refractivity contribution is 9.11. The zero-order chi connectivity index (χ0) is 40.6. The molecular formula is C48H44Br4N2OS2. The summed E-state index contributed by atoms with van der Waals surface area (Å²) in [6, 6.07) is 38.6. The van der Waals surface area contributed by atoms with Crippen LogP contribution in [0.25, 0.3) is 43.0 Å². The second-order valence-corrected chi connectivity index (χ2v) is 19.6. The number of ether oxygens (including phenoxy) is 1. The Morgan fingerprint density at radius 1 is 0.579 bits per heavy atom. The summed E-state index contributed by atoms with van der Waals surface area (Å²) in [5.74, 6) is 0.946. The minimum absolute atomic E-state index is 0.0736. The van der Waals surface area contributed by atoms with E-state index >= 15 is 0 Å². The van der Waals surface area contributed by atoms with Crippen molar-refractivity contribution in [3.05, 3.63) is 149 Å². The number of aromatic nitrogens is 1. The summed E-state index contributed by atoms with van der Waals surface area (Å²) in [7, 11) is 1.74. The molecule has 0 unspecified atom stereocenters. The molecule has 9 rings (SSSR count). The number of thiol groups is 1.